The first-order chi connectivity index (χ1) is 16.9. The number of aryl methyl sites for hydroxylation is 1. The van der Waals surface area contributed by atoms with Crippen LogP contribution in [0.1, 0.15) is 19.4 Å². The number of anilines is 2. The third-order valence-corrected chi connectivity index (χ3v) is 6.26. The van der Waals surface area contributed by atoms with Crippen molar-refractivity contribution in [2.45, 2.75) is 25.9 Å². The lowest BCUT2D eigenvalue weighted by Crippen LogP contribution is -2.17. The highest BCUT2D eigenvalue weighted by Gasteiger charge is 2.18. The molecule has 3 aromatic carbocycles. The zero-order chi connectivity index (χ0) is 24.8. The third-order valence-electron chi connectivity index (χ3n) is 5.33. The first-order valence-electron chi connectivity index (χ1n) is 11.3. The number of nitrogens with zero attached hydrogens (tertiary/aromatic N) is 3. The lowest BCUT2D eigenvalue weighted by molar-refractivity contribution is -0.119. The quantitative estimate of drug-likeness (QED) is 0.319. The zero-order valence-corrected chi connectivity index (χ0v) is 20.7. The summed E-state index contributed by atoms with van der Waals surface area (Å²) in [6.07, 6.45) is 0. The number of benzene rings is 3. The standard InChI is InChI=1S/C27H27N5O2S/c1-18(2)26(34)28-21-15-13-20(14-16-21)25-30-31-27(32(25)22-10-5-4-6-11-22)35-17-24(33)29-23-12-8-7-9-19(23)3/h4-16,18H,17H2,1-3H3,(H,28,34)(H,29,33). The molecule has 0 spiro atoms. The van der Waals surface area contributed by atoms with Gasteiger partial charge in [0.25, 0.3) is 0 Å². The summed E-state index contributed by atoms with van der Waals surface area (Å²) in [7, 11) is 0. The number of thioether (sulfide) groups is 1. The van der Waals surface area contributed by atoms with E-state index in [-0.39, 0.29) is 23.5 Å². The summed E-state index contributed by atoms with van der Waals surface area (Å²) in [5, 5.41) is 15.3. The Hall–Kier alpha value is -3.91. The molecule has 0 radical (unpaired) electrons. The maximum absolute atomic E-state index is 12.6. The van der Waals surface area contributed by atoms with Crippen molar-refractivity contribution < 1.29 is 9.59 Å². The molecule has 0 saturated heterocycles. The fourth-order valence-electron chi connectivity index (χ4n) is 3.38. The van der Waals surface area contributed by atoms with Crippen molar-refractivity contribution in [3.8, 4) is 17.1 Å². The van der Waals surface area contributed by atoms with Crippen molar-refractivity contribution in [3.63, 3.8) is 0 Å². The molecule has 0 fully saturated rings. The largest absolute Gasteiger partial charge is 0.326 e. The number of hydrogen-bond acceptors (Lipinski definition) is 5. The molecule has 35 heavy (non-hydrogen) atoms. The van der Waals surface area contributed by atoms with E-state index < -0.39 is 0 Å². The van der Waals surface area contributed by atoms with E-state index in [4.69, 9.17) is 0 Å². The van der Waals surface area contributed by atoms with Gasteiger partial charge in [-0.15, -0.1) is 10.2 Å². The Morgan fingerprint density at radius 1 is 0.886 bits per heavy atom. The minimum Gasteiger partial charge on any atom is -0.326 e. The molecule has 4 rings (SSSR count). The molecule has 1 heterocycles. The molecule has 0 atom stereocenters. The van der Waals surface area contributed by atoms with Crippen molar-refractivity contribution >= 4 is 35.0 Å². The number of hydrogen-bond donors (Lipinski definition) is 2. The molecule has 0 saturated carbocycles. The van der Waals surface area contributed by atoms with E-state index in [1.54, 1.807) is 0 Å². The smallest absolute Gasteiger partial charge is 0.234 e. The molecule has 8 heteroatoms. The van der Waals surface area contributed by atoms with Crippen molar-refractivity contribution in [2.75, 3.05) is 16.4 Å². The van der Waals surface area contributed by atoms with Gasteiger partial charge in [-0.3, -0.25) is 14.2 Å². The van der Waals surface area contributed by atoms with Crippen LogP contribution in [0.5, 0.6) is 0 Å². The van der Waals surface area contributed by atoms with Crippen molar-refractivity contribution in [1.82, 2.24) is 14.8 Å². The average molecular weight is 486 g/mol. The van der Waals surface area contributed by atoms with Crippen LogP contribution in [0, 0.1) is 12.8 Å². The summed E-state index contributed by atoms with van der Waals surface area (Å²) >= 11 is 1.33. The van der Waals surface area contributed by atoms with Gasteiger partial charge in [-0.1, -0.05) is 62.0 Å². The van der Waals surface area contributed by atoms with Gasteiger partial charge >= 0.3 is 0 Å². The Balaban J connectivity index is 1.56. The van der Waals surface area contributed by atoms with E-state index in [9.17, 15) is 9.59 Å². The maximum Gasteiger partial charge on any atom is 0.234 e. The van der Waals surface area contributed by atoms with Crippen LogP contribution in [-0.4, -0.2) is 32.3 Å². The Kier molecular flexibility index (Phi) is 7.62. The predicted octanol–water partition coefficient (Wildman–Crippen LogP) is 5.57. The molecule has 4 aromatic rings. The second kappa shape index (κ2) is 11.0. The molecule has 0 unspecified atom stereocenters. The lowest BCUT2D eigenvalue weighted by atomic mass is 10.1. The maximum atomic E-state index is 12.6. The third kappa shape index (κ3) is 5.96. The number of carbonyl (C=O) groups is 2. The van der Waals surface area contributed by atoms with Gasteiger partial charge in [-0.25, -0.2) is 0 Å². The minimum atomic E-state index is -0.112. The highest BCUT2D eigenvalue weighted by molar-refractivity contribution is 7.99. The summed E-state index contributed by atoms with van der Waals surface area (Å²) < 4.78 is 1.94. The normalized spacial score (nSPS) is 10.9. The van der Waals surface area contributed by atoms with Crippen molar-refractivity contribution in [2.24, 2.45) is 5.92 Å². The van der Waals surface area contributed by atoms with E-state index >= 15 is 0 Å². The van der Waals surface area contributed by atoms with Gasteiger partial charge in [0.2, 0.25) is 11.8 Å². The summed E-state index contributed by atoms with van der Waals surface area (Å²) in [4.78, 5) is 24.6. The number of amides is 2. The minimum absolute atomic E-state index is 0.0344. The first-order valence-corrected chi connectivity index (χ1v) is 12.3. The molecule has 1 aromatic heterocycles. The van der Waals surface area contributed by atoms with Crippen LogP contribution in [0.25, 0.3) is 17.1 Å². The van der Waals surface area contributed by atoms with Crippen molar-refractivity contribution in [3.05, 3.63) is 84.4 Å². The zero-order valence-electron chi connectivity index (χ0n) is 19.9. The Labute approximate surface area is 209 Å². The van der Waals surface area contributed by atoms with Gasteiger partial charge in [-0.2, -0.15) is 0 Å². The molecule has 2 N–H and O–H groups in total. The molecule has 0 aliphatic heterocycles. The van der Waals surface area contributed by atoms with Crippen molar-refractivity contribution in [1.29, 1.82) is 0 Å². The second-order valence-corrected chi connectivity index (χ2v) is 9.29. The molecule has 7 nitrogen and oxygen atoms in total. The van der Waals surface area contributed by atoms with E-state index in [2.05, 4.69) is 20.8 Å². The topological polar surface area (TPSA) is 88.9 Å². The van der Waals surface area contributed by atoms with Gasteiger partial charge in [0.1, 0.15) is 0 Å². The Morgan fingerprint density at radius 2 is 1.57 bits per heavy atom. The molecule has 2 amide bonds. The number of rotatable bonds is 8. The number of nitrogens with one attached hydrogen (secondary N) is 2. The van der Waals surface area contributed by atoms with Crippen LogP contribution < -0.4 is 10.6 Å². The highest BCUT2D eigenvalue weighted by Crippen LogP contribution is 2.29. The number of para-hydroxylation sites is 2. The van der Waals surface area contributed by atoms with Crippen LogP contribution in [0.2, 0.25) is 0 Å². The number of aromatic nitrogens is 3. The summed E-state index contributed by atoms with van der Waals surface area (Å²) in [6.45, 7) is 5.67. The second-order valence-electron chi connectivity index (χ2n) is 8.35. The fourth-order valence-corrected chi connectivity index (χ4v) is 4.13. The molecule has 0 bridgehead atoms. The summed E-state index contributed by atoms with van der Waals surface area (Å²) in [5.41, 5.74) is 4.27. The van der Waals surface area contributed by atoms with Gasteiger partial charge in [0.05, 0.1) is 5.75 Å². The highest BCUT2D eigenvalue weighted by atomic mass is 32.2. The fraction of sp³-hybridized carbons (Fsp3) is 0.185. The molecule has 178 valence electrons. The molecule has 0 aliphatic rings. The average Bonchev–Trinajstić information content (AvgIpc) is 3.29. The first kappa shape index (κ1) is 24.2. The van der Waals surface area contributed by atoms with E-state index in [0.29, 0.717) is 11.0 Å². The van der Waals surface area contributed by atoms with Crippen LogP contribution >= 0.6 is 11.8 Å². The summed E-state index contributed by atoms with van der Waals surface area (Å²) in [5.74, 6) is 0.601. The Bertz CT molecular complexity index is 1320. The van der Waals surface area contributed by atoms with E-state index in [1.807, 2.05) is 104 Å². The van der Waals surface area contributed by atoms with Gasteiger partial charge in [0.15, 0.2) is 11.0 Å². The number of carbonyl (C=O) groups excluding carboxylic acids is 2. The monoisotopic (exact) mass is 485 g/mol. The van der Waals surface area contributed by atoms with E-state index in [1.165, 1.54) is 11.8 Å². The van der Waals surface area contributed by atoms with Crippen LogP contribution in [-0.2, 0) is 9.59 Å². The molecular formula is C27H27N5O2S. The molecular weight excluding hydrogens is 458 g/mol. The van der Waals surface area contributed by atoms with E-state index in [0.717, 1.165) is 28.2 Å². The van der Waals surface area contributed by atoms with Gasteiger partial charge in [0, 0.05) is 28.5 Å². The van der Waals surface area contributed by atoms with Gasteiger partial charge in [-0.05, 0) is 55.0 Å². The Morgan fingerprint density at radius 3 is 2.26 bits per heavy atom. The van der Waals surface area contributed by atoms with Gasteiger partial charge < -0.3 is 10.6 Å². The van der Waals surface area contributed by atoms with Crippen LogP contribution in [0.15, 0.2) is 84.0 Å². The predicted molar refractivity (Wildman–Crippen MR) is 141 cm³/mol. The SMILES string of the molecule is Cc1ccccc1NC(=O)CSc1nnc(-c2ccc(NC(=O)C(C)C)cc2)n1-c1ccccc1. The van der Waals surface area contributed by atoms with Crippen LogP contribution in [0.4, 0.5) is 11.4 Å². The summed E-state index contributed by atoms with van der Waals surface area (Å²) in [6, 6.07) is 25.0. The molecule has 0 aliphatic carbocycles. The lowest BCUT2D eigenvalue weighted by Gasteiger charge is -2.12. The van der Waals surface area contributed by atoms with Crippen LogP contribution in [0.3, 0.4) is 0 Å².